The predicted molar refractivity (Wildman–Crippen MR) is 121 cm³/mol. The summed E-state index contributed by atoms with van der Waals surface area (Å²) in [7, 11) is -1.94. The van der Waals surface area contributed by atoms with Gasteiger partial charge in [0.2, 0.25) is 5.91 Å². The molecule has 1 aliphatic heterocycles. The zero-order chi connectivity index (χ0) is 22.6. The Balaban J connectivity index is 1.65. The molecule has 0 bridgehead atoms. The molecule has 0 aromatic heterocycles. The summed E-state index contributed by atoms with van der Waals surface area (Å²) in [6, 6.07) is 13.1. The van der Waals surface area contributed by atoms with E-state index in [-0.39, 0.29) is 22.6 Å². The van der Waals surface area contributed by atoms with E-state index in [0.717, 1.165) is 0 Å². The molecule has 0 saturated heterocycles. The molecule has 1 aliphatic rings. The highest BCUT2D eigenvalue weighted by Gasteiger charge is 2.33. The topological polar surface area (TPSA) is 88.1 Å². The summed E-state index contributed by atoms with van der Waals surface area (Å²) < 4.78 is 32.8. The van der Waals surface area contributed by atoms with E-state index in [1.165, 1.54) is 6.07 Å². The van der Waals surface area contributed by atoms with Crippen LogP contribution < -0.4 is 9.46 Å². The largest absolute Gasteiger partial charge is 0.493 e. The second kappa shape index (κ2) is 9.70. The number of hydrogen-bond donors (Lipinski definition) is 1. The quantitative estimate of drug-likeness (QED) is 0.608. The van der Waals surface area contributed by atoms with Gasteiger partial charge in [-0.2, -0.15) is 0 Å². The number of carbonyl (C=O) groups excluding carboxylic acids is 1. The van der Waals surface area contributed by atoms with Crippen LogP contribution >= 0.6 is 11.6 Å². The van der Waals surface area contributed by atoms with E-state index in [1.807, 2.05) is 26.0 Å². The summed E-state index contributed by atoms with van der Waals surface area (Å²) in [6.07, 6.45) is 0.631. The fraction of sp³-hybridized carbons (Fsp3) is 0.364. The number of fused-ring (bicyclic) bond motifs is 1. The van der Waals surface area contributed by atoms with Gasteiger partial charge in [0.05, 0.1) is 11.5 Å². The van der Waals surface area contributed by atoms with Gasteiger partial charge in [0.15, 0.2) is 0 Å². The first-order chi connectivity index (χ1) is 14.7. The van der Waals surface area contributed by atoms with Gasteiger partial charge in [-0.05, 0) is 42.7 Å². The molecule has 0 fully saturated rings. The molecule has 1 heterocycles. The number of amidine groups is 1. The maximum absolute atomic E-state index is 13.0. The maximum atomic E-state index is 13.0. The molecule has 3 rings (SSSR count). The Labute approximate surface area is 188 Å². The Hall–Kier alpha value is -2.58. The number of carbonyl (C=O) groups is 1. The molecule has 0 aliphatic carbocycles. The SMILES string of the molecule is CC(C)[C@H](N=C1NS(=O)(=O)c2ccccc21)C(=O)N(C)CCCOc1cccc(Cl)c1. The van der Waals surface area contributed by atoms with Crippen LogP contribution in [0.15, 0.2) is 58.4 Å². The minimum atomic E-state index is -3.65. The molecule has 9 heteroatoms. The van der Waals surface area contributed by atoms with E-state index in [1.54, 1.807) is 42.3 Å². The molecule has 0 unspecified atom stereocenters. The summed E-state index contributed by atoms with van der Waals surface area (Å²) in [5.41, 5.74) is 0.485. The maximum Gasteiger partial charge on any atom is 0.263 e. The van der Waals surface area contributed by atoms with Crippen LogP contribution in [-0.2, 0) is 14.8 Å². The molecule has 1 amide bonds. The lowest BCUT2D eigenvalue weighted by Gasteiger charge is -2.24. The molecule has 0 spiro atoms. The van der Waals surface area contributed by atoms with E-state index in [9.17, 15) is 13.2 Å². The number of benzene rings is 2. The van der Waals surface area contributed by atoms with Crippen molar-refractivity contribution in [3.8, 4) is 5.75 Å². The summed E-state index contributed by atoms with van der Waals surface area (Å²) >= 11 is 5.95. The van der Waals surface area contributed by atoms with Crippen molar-refractivity contribution in [2.75, 3.05) is 20.2 Å². The summed E-state index contributed by atoms with van der Waals surface area (Å²) in [5, 5.41) is 0.604. The Bertz CT molecular complexity index is 1090. The van der Waals surface area contributed by atoms with Crippen LogP contribution in [0, 0.1) is 5.92 Å². The molecule has 31 heavy (non-hydrogen) atoms. The van der Waals surface area contributed by atoms with Gasteiger partial charge in [0.25, 0.3) is 10.0 Å². The van der Waals surface area contributed by atoms with Gasteiger partial charge in [-0.15, -0.1) is 0 Å². The molecule has 0 radical (unpaired) electrons. The fourth-order valence-corrected chi connectivity index (χ4v) is 4.66. The van der Waals surface area contributed by atoms with Gasteiger partial charge in [-0.25, -0.2) is 8.42 Å². The van der Waals surface area contributed by atoms with Gasteiger partial charge in [0.1, 0.15) is 17.6 Å². The molecule has 2 aromatic rings. The summed E-state index contributed by atoms with van der Waals surface area (Å²) in [6.45, 7) is 4.69. The Morgan fingerprint density at radius 2 is 1.94 bits per heavy atom. The van der Waals surface area contributed by atoms with Crippen molar-refractivity contribution >= 4 is 33.4 Å². The molecule has 166 valence electrons. The van der Waals surface area contributed by atoms with Gasteiger partial charge in [0, 0.05) is 24.2 Å². The van der Waals surface area contributed by atoms with Crippen LogP contribution in [0.4, 0.5) is 0 Å². The lowest BCUT2D eigenvalue weighted by Crippen LogP contribution is -2.40. The van der Waals surface area contributed by atoms with Gasteiger partial charge in [-0.3, -0.25) is 14.5 Å². The summed E-state index contributed by atoms with van der Waals surface area (Å²) in [5.74, 6) is 0.608. The van der Waals surface area contributed by atoms with Crippen LogP contribution in [0.3, 0.4) is 0 Å². The number of rotatable bonds is 8. The number of hydrogen-bond acceptors (Lipinski definition) is 5. The van der Waals surface area contributed by atoms with Crippen molar-refractivity contribution in [3.05, 3.63) is 59.1 Å². The van der Waals surface area contributed by atoms with Crippen molar-refractivity contribution in [2.45, 2.75) is 31.2 Å². The molecular formula is C22H26ClN3O4S. The number of aliphatic imine (C=N–C) groups is 1. The monoisotopic (exact) mass is 463 g/mol. The molecule has 7 nitrogen and oxygen atoms in total. The first-order valence-corrected chi connectivity index (χ1v) is 11.9. The smallest absolute Gasteiger partial charge is 0.263 e. The van der Waals surface area contributed by atoms with Crippen LogP contribution in [0.25, 0.3) is 0 Å². The van der Waals surface area contributed by atoms with Crippen molar-refractivity contribution < 1.29 is 17.9 Å². The summed E-state index contributed by atoms with van der Waals surface area (Å²) in [4.78, 5) is 19.3. The number of nitrogens with one attached hydrogen (secondary N) is 1. The fourth-order valence-electron chi connectivity index (χ4n) is 3.24. The van der Waals surface area contributed by atoms with Crippen molar-refractivity contribution in [3.63, 3.8) is 0 Å². The van der Waals surface area contributed by atoms with Gasteiger partial charge < -0.3 is 9.64 Å². The second-order valence-electron chi connectivity index (χ2n) is 7.69. The second-order valence-corrected chi connectivity index (χ2v) is 9.77. The normalized spacial score (nSPS) is 16.6. The number of sulfonamides is 1. The molecule has 0 saturated carbocycles. The minimum Gasteiger partial charge on any atom is -0.493 e. The van der Waals surface area contributed by atoms with E-state index in [4.69, 9.17) is 16.3 Å². The number of nitrogens with zero attached hydrogens (tertiary/aromatic N) is 2. The molecular weight excluding hydrogens is 438 g/mol. The molecule has 1 N–H and O–H groups in total. The van der Waals surface area contributed by atoms with E-state index >= 15 is 0 Å². The third-order valence-electron chi connectivity index (χ3n) is 4.89. The lowest BCUT2D eigenvalue weighted by molar-refractivity contribution is -0.132. The molecule has 1 atom stereocenters. The van der Waals surface area contributed by atoms with Crippen LogP contribution in [-0.4, -0.2) is 51.3 Å². The highest BCUT2D eigenvalue weighted by molar-refractivity contribution is 7.90. The Morgan fingerprint density at radius 3 is 2.65 bits per heavy atom. The number of halogens is 1. The Morgan fingerprint density at radius 1 is 1.19 bits per heavy atom. The third kappa shape index (κ3) is 5.57. The highest BCUT2D eigenvalue weighted by Crippen LogP contribution is 2.24. The standard InChI is InChI=1S/C22H26ClN3O4S/c1-15(2)20(24-21-18-10-4-5-11-19(18)31(28,29)25-21)22(27)26(3)12-7-13-30-17-9-6-8-16(23)14-17/h4-6,8-11,14-15,20H,7,12-13H2,1-3H3,(H,24,25)/t20-/m0/s1. The van der Waals surface area contributed by atoms with E-state index < -0.39 is 16.1 Å². The first-order valence-electron chi connectivity index (χ1n) is 10.0. The average Bonchev–Trinajstić information content (AvgIpc) is 2.99. The zero-order valence-corrected chi connectivity index (χ0v) is 19.3. The lowest BCUT2D eigenvalue weighted by atomic mass is 10.0. The number of likely N-dealkylation sites (N-methyl/N-ethyl adjacent to an activating group) is 1. The zero-order valence-electron chi connectivity index (χ0n) is 17.7. The molecule has 2 aromatic carbocycles. The Kier molecular flexibility index (Phi) is 7.23. The van der Waals surface area contributed by atoms with Crippen molar-refractivity contribution in [1.82, 2.24) is 9.62 Å². The van der Waals surface area contributed by atoms with Gasteiger partial charge >= 0.3 is 0 Å². The van der Waals surface area contributed by atoms with Crippen molar-refractivity contribution in [2.24, 2.45) is 10.9 Å². The number of ether oxygens (including phenoxy) is 1. The number of amides is 1. The van der Waals surface area contributed by atoms with E-state index in [0.29, 0.717) is 35.9 Å². The predicted octanol–water partition coefficient (Wildman–Crippen LogP) is 3.33. The third-order valence-corrected chi connectivity index (χ3v) is 6.53. The van der Waals surface area contributed by atoms with Crippen LogP contribution in [0.2, 0.25) is 5.02 Å². The minimum absolute atomic E-state index is 0.109. The van der Waals surface area contributed by atoms with Crippen LogP contribution in [0.1, 0.15) is 25.8 Å². The first kappa shape index (κ1) is 23.1. The van der Waals surface area contributed by atoms with E-state index in [2.05, 4.69) is 9.71 Å². The average molecular weight is 464 g/mol. The highest BCUT2D eigenvalue weighted by atomic mass is 35.5. The van der Waals surface area contributed by atoms with Gasteiger partial charge in [-0.1, -0.05) is 43.6 Å². The van der Waals surface area contributed by atoms with Crippen LogP contribution in [0.5, 0.6) is 5.75 Å². The van der Waals surface area contributed by atoms with Crippen molar-refractivity contribution in [1.29, 1.82) is 0 Å².